The van der Waals surface area contributed by atoms with Gasteiger partial charge in [-0.1, -0.05) is 6.92 Å². The maximum Gasteiger partial charge on any atom is 0.196 e. The Morgan fingerprint density at radius 1 is 1.24 bits per heavy atom. The van der Waals surface area contributed by atoms with Gasteiger partial charge < -0.3 is 10.5 Å². The molecule has 90 valence electrons. The molecule has 0 bridgehead atoms. The molecule has 0 aromatic heterocycles. The van der Waals surface area contributed by atoms with Crippen LogP contribution in [0.2, 0.25) is 0 Å². The second kappa shape index (κ2) is 4.57. The van der Waals surface area contributed by atoms with E-state index in [0.29, 0.717) is 17.9 Å². The molecule has 1 aliphatic rings. The molecule has 0 radical (unpaired) electrons. The first-order chi connectivity index (χ1) is 8.08. The lowest BCUT2D eigenvalue weighted by Gasteiger charge is -2.17. The quantitative estimate of drug-likeness (QED) is 0.795. The van der Waals surface area contributed by atoms with Gasteiger partial charge in [0.25, 0.3) is 0 Å². The molecule has 0 fully saturated rings. The van der Waals surface area contributed by atoms with E-state index in [1.165, 1.54) is 0 Å². The Bertz CT molecular complexity index is 477. The third-order valence-corrected chi connectivity index (χ3v) is 2.62. The number of hydrogen-bond donors (Lipinski definition) is 1. The van der Waals surface area contributed by atoms with E-state index in [9.17, 15) is 8.78 Å². The molecule has 4 heteroatoms. The fourth-order valence-corrected chi connectivity index (χ4v) is 1.56. The van der Waals surface area contributed by atoms with Crippen LogP contribution >= 0.6 is 0 Å². The van der Waals surface area contributed by atoms with Gasteiger partial charge >= 0.3 is 0 Å². The van der Waals surface area contributed by atoms with E-state index in [0.717, 1.165) is 0 Å². The molecule has 2 N–H and O–H groups in total. The molecular weight excluding hydrogens is 224 g/mol. The standard InChI is InChI=1S/C13H13F2NO/c1-8-2-7-11(13(15)12(8)14)17-10-5-3-9(16)4-6-10/h3-8H,2,16H2,1H3. The van der Waals surface area contributed by atoms with E-state index in [1.54, 1.807) is 37.3 Å². The summed E-state index contributed by atoms with van der Waals surface area (Å²) in [5.74, 6) is -1.72. The van der Waals surface area contributed by atoms with Crippen LogP contribution in [0.5, 0.6) is 5.75 Å². The largest absolute Gasteiger partial charge is 0.455 e. The Morgan fingerprint density at radius 2 is 1.88 bits per heavy atom. The van der Waals surface area contributed by atoms with Crippen LogP contribution in [0.25, 0.3) is 0 Å². The number of allylic oxidation sites excluding steroid dienone is 3. The van der Waals surface area contributed by atoms with Crippen molar-refractivity contribution in [3.63, 3.8) is 0 Å². The summed E-state index contributed by atoms with van der Waals surface area (Å²) in [6, 6.07) is 6.50. The van der Waals surface area contributed by atoms with Gasteiger partial charge in [0, 0.05) is 11.6 Å². The molecule has 0 amide bonds. The maximum absolute atomic E-state index is 13.5. The fraction of sp³-hybridized carbons (Fsp3) is 0.231. The Hall–Kier alpha value is -1.84. The van der Waals surface area contributed by atoms with Gasteiger partial charge in [-0.2, -0.15) is 4.39 Å². The van der Waals surface area contributed by atoms with Crippen molar-refractivity contribution in [3.05, 3.63) is 47.8 Å². The summed E-state index contributed by atoms with van der Waals surface area (Å²) in [6.07, 6.45) is 1.99. The van der Waals surface area contributed by atoms with Gasteiger partial charge in [0.15, 0.2) is 11.6 Å². The molecule has 1 unspecified atom stereocenters. The zero-order valence-corrected chi connectivity index (χ0v) is 9.41. The van der Waals surface area contributed by atoms with Gasteiger partial charge in [-0.3, -0.25) is 0 Å². The van der Waals surface area contributed by atoms with Crippen molar-refractivity contribution < 1.29 is 13.5 Å². The lowest BCUT2D eigenvalue weighted by Crippen LogP contribution is -2.08. The average molecular weight is 237 g/mol. The van der Waals surface area contributed by atoms with Crippen LogP contribution in [0, 0.1) is 5.92 Å². The second-order valence-corrected chi connectivity index (χ2v) is 4.04. The molecule has 0 spiro atoms. The highest BCUT2D eigenvalue weighted by atomic mass is 19.2. The smallest absolute Gasteiger partial charge is 0.196 e. The first-order valence-corrected chi connectivity index (χ1v) is 5.37. The number of nitrogen functional groups attached to an aromatic ring is 1. The Labute approximate surface area is 98.4 Å². The number of hydrogen-bond acceptors (Lipinski definition) is 2. The van der Waals surface area contributed by atoms with E-state index in [2.05, 4.69) is 0 Å². The van der Waals surface area contributed by atoms with Crippen LogP contribution in [-0.4, -0.2) is 0 Å². The third kappa shape index (κ3) is 2.46. The van der Waals surface area contributed by atoms with E-state index >= 15 is 0 Å². The van der Waals surface area contributed by atoms with Crippen LogP contribution in [0.4, 0.5) is 14.5 Å². The highest BCUT2D eigenvalue weighted by Gasteiger charge is 2.23. The second-order valence-electron chi connectivity index (χ2n) is 4.04. The number of benzene rings is 1. The summed E-state index contributed by atoms with van der Waals surface area (Å²) < 4.78 is 32.2. The zero-order valence-electron chi connectivity index (χ0n) is 9.41. The van der Waals surface area contributed by atoms with Gasteiger partial charge in [-0.25, -0.2) is 4.39 Å². The predicted octanol–water partition coefficient (Wildman–Crippen LogP) is 3.72. The number of halogens is 2. The van der Waals surface area contributed by atoms with E-state index < -0.39 is 17.6 Å². The molecule has 0 saturated carbocycles. The number of anilines is 1. The molecule has 1 aromatic rings. The lowest BCUT2D eigenvalue weighted by molar-refractivity contribution is 0.354. The molecule has 17 heavy (non-hydrogen) atoms. The molecule has 1 aromatic carbocycles. The number of ether oxygens (including phenoxy) is 1. The molecule has 1 atom stereocenters. The van der Waals surface area contributed by atoms with Crippen LogP contribution in [0.1, 0.15) is 13.3 Å². The zero-order chi connectivity index (χ0) is 12.4. The molecule has 0 saturated heterocycles. The summed E-state index contributed by atoms with van der Waals surface area (Å²) in [7, 11) is 0. The molecule has 0 heterocycles. The number of rotatable bonds is 2. The minimum Gasteiger partial charge on any atom is -0.455 e. The Morgan fingerprint density at radius 3 is 2.53 bits per heavy atom. The first-order valence-electron chi connectivity index (χ1n) is 5.37. The monoisotopic (exact) mass is 237 g/mol. The normalized spacial score (nSPS) is 20.2. The van der Waals surface area contributed by atoms with Crippen molar-refractivity contribution in [1.29, 1.82) is 0 Å². The van der Waals surface area contributed by atoms with Crippen molar-refractivity contribution in [2.24, 2.45) is 5.92 Å². The minimum absolute atomic E-state index is 0.0645. The van der Waals surface area contributed by atoms with Crippen LogP contribution in [-0.2, 0) is 0 Å². The Kier molecular flexibility index (Phi) is 3.13. The topological polar surface area (TPSA) is 35.2 Å². The fourth-order valence-electron chi connectivity index (χ4n) is 1.56. The third-order valence-electron chi connectivity index (χ3n) is 2.62. The lowest BCUT2D eigenvalue weighted by atomic mass is 10.0. The average Bonchev–Trinajstić information content (AvgIpc) is 2.33. The summed E-state index contributed by atoms with van der Waals surface area (Å²) >= 11 is 0. The Balaban J connectivity index is 2.18. The SMILES string of the molecule is CC1CC=C(Oc2ccc(N)cc2)C(F)=C1F. The first kappa shape index (κ1) is 11.6. The predicted molar refractivity (Wildman–Crippen MR) is 62.6 cm³/mol. The van der Waals surface area contributed by atoms with Crippen LogP contribution in [0.3, 0.4) is 0 Å². The van der Waals surface area contributed by atoms with Gasteiger partial charge in [-0.05, 0) is 36.8 Å². The van der Waals surface area contributed by atoms with Crippen molar-refractivity contribution in [1.82, 2.24) is 0 Å². The molecule has 1 aliphatic carbocycles. The van der Waals surface area contributed by atoms with Gasteiger partial charge in [0.2, 0.25) is 0 Å². The van der Waals surface area contributed by atoms with Gasteiger partial charge in [-0.15, -0.1) is 0 Å². The van der Waals surface area contributed by atoms with Gasteiger partial charge in [0.05, 0.1) is 0 Å². The van der Waals surface area contributed by atoms with E-state index in [-0.39, 0.29) is 5.76 Å². The van der Waals surface area contributed by atoms with Crippen molar-refractivity contribution in [2.45, 2.75) is 13.3 Å². The van der Waals surface area contributed by atoms with Crippen LogP contribution in [0.15, 0.2) is 47.8 Å². The van der Waals surface area contributed by atoms with Crippen molar-refractivity contribution in [3.8, 4) is 5.75 Å². The summed E-state index contributed by atoms with van der Waals surface area (Å²) in [4.78, 5) is 0. The van der Waals surface area contributed by atoms with E-state index in [4.69, 9.17) is 10.5 Å². The van der Waals surface area contributed by atoms with Gasteiger partial charge in [0.1, 0.15) is 11.6 Å². The highest BCUT2D eigenvalue weighted by molar-refractivity contribution is 5.43. The van der Waals surface area contributed by atoms with E-state index in [1.807, 2.05) is 0 Å². The minimum atomic E-state index is -0.916. The van der Waals surface area contributed by atoms with Crippen LogP contribution < -0.4 is 10.5 Å². The molecule has 0 aliphatic heterocycles. The molecular formula is C13H13F2NO. The van der Waals surface area contributed by atoms with Crippen molar-refractivity contribution in [2.75, 3.05) is 5.73 Å². The molecule has 2 nitrogen and oxygen atoms in total. The molecule has 2 rings (SSSR count). The highest BCUT2D eigenvalue weighted by Crippen LogP contribution is 2.32. The summed E-state index contributed by atoms with van der Waals surface area (Å²) in [5.41, 5.74) is 6.10. The van der Waals surface area contributed by atoms with Crippen molar-refractivity contribution >= 4 is 5.69 Å². The maximum atomic E-state index is 13.5. The number of nitrogens with two attached hydrogens (primary N) is 1. The summed E-state index contributed by atoms with van der Waals surface area (Å²) in [5, 5.41) is 0. The summed E-state index contributed by atoms with van der Waals surface area (Å²) in [6.45, 7) is 1.63.